The molecule has 3 unspecified atom stereocenters. The number of hydrogen-bond acceptors (Lipinski definition) is 2. The molecule has 3 atom stereocenters. The lowest BCUT2D eigenvalue weighted by molar-refractivity contribution is -0.122. The monoisotopic (exact) mass is 368 g/mol. The van der Waals surface area contributed by atoms with Gasteiger partial charge in [0, 0.05) is 11.7 Å². The molecular formula is C24H36N2O. The van der Waals surface area contributed by atoms with E-state index in [9.17, 15) is 4.79 Å². The van der Waals surface area contributed by atoms with Crippen LogP contribution in [0.5, 0.6) is 0 Å². The highest BCUT2D eigenvalue weighted by Gasteiger charge is 2.59. The zero-order valence-electron chi connectivity index (χ0n) is 17.3. The third-order valence-electron chi connectivity index (χ3n) is 8.02. The minimum atomic E-state index is 0.139. The molecule has 3 heteroatoms. The number of carbonyl (C=O) groups excluding carboxylic acids is 1. The second-order valence-corrected chi connectivity index (χ2v) is 10.2. The molecule has 3 saturated carbocycles. The molecule has 148 valence electrons. The molecule has 0 spiro atoms. The highest BCUT2D eigenvalue weighted by molar-refractivity contribution is 5.81. The molecular weight excluding hydrogens is 332 g/mol. The number of hydrogen-bond donors (Lipinski definition) is 2. The fourth-order valence-corrected chi connectivity index (χ4v) is 6.48. The summed E-state index contributed by atoms with van der Waals surface area (Å²) in [5.41, 5.74) is 3.04. The van der Waals surface area contributed by atoms with E-state index < -0.39 is 0 Å². The number of amides is 1. The number of rotatable bonds is 5. The van der Waals surface area contributed by atoms with Crippen LogP contribution in [0.2, 0.25) is 0 Å². The van der Waals surface area contributed by atoms with Crippen molar-refractivity contribution in [2.24, 2.45) is 16.7 Å². The van der Waals surface area contributed by atoms with E-state index in [1.165, 1.54) is 56.9 Å². The first-order valence-electron chi connectivity index (χ1n) is 11.0. The Kier molecular flexibility index (Phi) is 4.98. The van der Waals surface area contributed by atoms with Crippen LogP contribution < -0.4 is 10.6 Å². The molecule has 2 N–H and O–H groups in total. The minimum Gasteiger partial charge on any atom is -0.376 e. The SMILES string of the molecule is CC12CCC(C1)C(C)(C)C2NC(=O)CNc1ccccc1C1CCCCC1. The molecule has 1 aromatic carbocycles. The fourth-order valence-electron chi connectivity index (χ4n) is 6.48. The zero-order chi connectivity index (χ0) is 19.1. The standard InChI is InChI=1S/C24H36N2O/c1-23(2)18-13-14-24(3,15-18)22(23)26-21(27)16-25-20-12-8-7-11-19(20)17-9-5-4-6-10-17/h7-8,11-12,17-18,22,25H,4-6,9-10,13-16H2,1-3H3,(H,26,27). The van der Waals surface area contributed by atoms with Crippen LogP contribution in [0.25, 0.3) is 0 Å². The third kappa shape index (κ3) is 3.50. The smallest absolute Gasteiger partial charge is 0.239 e. The molecule has 1 amide bonds. The predicted molar refractivity (Wildman–Crippen MR) is 112 cm³/mol. The summed E-state index contributed by atoms with van der Waals surface area (Å²) >= 11 is 0. The second-order valence-electron chi connectivity index (χ2n) is 10.2. The molecule has 3 nitrogen and oxygen atoms in total. The van der Waals surface area contributed by atoms with E-state index in [-0.39, 0.29) is 16.7 Å². The van der Waals surface area contributed by atoms with E-state index in [2.05, 4.69) is 55.7 Å². The van der Waals surface area contributed by atoms with Crippen LogP contribution in [0, 0.1) is 16.7 Å². The van der Waals surface area contributed by atoms with Crippen molar-refractivity contribution < 1.29 is 4.79 Å². The van der Waals surface area contributed by atoms with Gasteiger partial charge in [0.25, 0.3) is 0 Å². The van der Waals surface area contributed by atoms with E-state index in [1.807, 2.05) is 0 Å². The van der Waals surface area contributed by atoms with Gasteiger partial charge in [-0.1, -0.05) is 58.2 Å². The van der Waals surface area contributed by atoms with E-state index in [1.54, 1.807) is 0 Å². The molecule has 0 aromatic heterocycles. The van der Waals surface area contributed by atoms with Gasteiger partial charge in [0.15, 0.2) is 0 Å². The minimum absolute atomic E-state index is 0.139. The Balaban J connectivity index is 1.39. The highest BCUT2D eigenvalue weighted by atomic mass is 16.2. The number of fused-ring (bicyclic) bond motifs is 2. The molecule has 0 radical (unpaired) electrons. The summed E-state index contributed by atoms with van der Waals surface area (Å²) in [5.74, 6) is 1.54. The first-order valence-corrected chi connectivity index (χ1v) is 11.0. The Morgan fingerprint density at radius 2 is 1.81 bits per heavy atom. The summed E-state index contributed by atoms with van der Waals surface area (Å²) in [6.07, 6.45) is 10.4. The number of benzene rings is 1. The number of anilines is 1. The summed E-state index contributed by atoms with van der Waals surface area (Å²) in [4.78, 5) is 12.8. The molecule has 0 heterocycles. The van der Waals surface area contributed by atoms with E-state index in [0.29, 0.717) is 18.5 Å². The normalized spacial score (nSPS) is 32.4. The first kappa shape index (κ1) is 18.8. The van der Waals surface area contributed by atoms with E-state index in [4.69, 9.17) is 0 Å². The molecule has 3 aliphatic carbocycles. The lowest BCUT2D eigenvalue weighted by Gasteiger charge is -2.43. The fraction of sp³-hybridized carbons (Fsp3) is 0.708. The average molecular weight is 369 g/mol. The van der Waals surface area contributed by atoms with Crippen molar-refractivity contribution in [1.82, 2.24) is 5.32 Å². The van der Waals surface area contributed by atoms with Crippen molar-refractivity contribution in [3.05, 3.63) is 29.8 Å². The Morgan fingerprint density at radius 1 is 1.07 bits per heavy atom. The summed E-state index contributed by atoms with van der Waals surface area (Å²) in [7, 11) is 0. The molecule has 27 heavy (non-hydrogen) atoms. The largest absolute Gasteiger partial charge is 0.376 e. The van der Waals surface area contributed by atoms with Crippen molar-refractivity contribution in [1.29, 1.82) is 0 Å². The number of nitrogens with one attached hydrogen (secondary N) is 2. The third-order valence-corrected chi connectivity index (χ3v) is 8.02. The van der Waals surface area contributed by atoms with Crippen LogP contribution in [0.4, 0.5) is 5.69 Å². The first-order chi connectivity index (χ1) is 12.9. The molecule has 4 rings (SSSR count). The number of carbonyl (C=O) groups is 1. The summed E-state index contributed by atoms with van der Waals surface area (Å²) < 4.78 is 0. The van der Waals surface area contributed by atoms with Crippen LogP contribution in [-0.2, 0) is 4.79 Å². The molecule has 3 aliphatic rings. The summed E-state index contributed by atoms with van der Waals surface area (Å²) in [6, 6.07) is 8.89. The van der Waals surface area contributed by atoms with E-state index >= 15 is 0 Å². The van der Waals surface area contributed by atoms with Gasteiger partial charge in [-0.2, -0.15) is 0 Å². The van der Waals surface area contributed by atoms with Crippen LogP contribution in [-0.4, -0.2) is 18.5 Å². The van der Waals surface area contributed by atoms with Gasteiger partial charge in [-0.05, 0) is 66.4 Å². The van der Waals surface area contributed by atoms with Crippen LogP contribution >= 0.6 is 0 Å². The van der Waals surface area contributed by atoms with Gasteiger partial charge in [-0.3, -0.25) is 4.79 Å². The predicted octanol–water partition coefficient (Wildman–Crippen LogP) is 5.48. The Labute approximate surface area is 164 Å². The lowest BCUT2D eigenvalue weighted by atomic mass is 9.68. The Morgan fingerprint density at radius 3 is 2.52 bits per heavy atom. The topological polar surface area (TPSA) is 41.1 Å². The molecule has 1 aromatic rings. The quantitative estimate of drug-likeness (QED) is 0.723. The summed E-state index contributed by atoms with van der Waals surface area (Å²) in [6.45, 7) is 7.44. The van der Waals surface area contributed by atoms with E-state index in [0.717, 1.165) is 11.6 Å². The van der Waals surface area contributed by atoms with Crippen LogP contribution in [0.15, 0.2) is 24.3 Å². The molecule has 0 saturated heterocycles. The van der Waals surface area contributed by atoms with Gasteiger partial charge < -0.3 is 10.6 Å². The number of para-hydroxylation sites is 1. The Hall–Kier alpha value is -1.51. The van der Waals surface area contributed by atoms with Crippen molar-refractivity contribution >= 4 is 11.6 Å². The highest BCUT2D eigenvalue weighted by Crippen LogP contribution is 2.62. The van der Waals surface area contributed by atoms with Crippen LogP contribution in [0.3, 0.4) is 0 Å². The molecule has 0 aliphatic heterocycles. The lowest BCUT2D eigenvalue weighted by Crippen LogP contribution is -2.53. The van der Waals surface area contributed by atoms with Crippen LogP contribution in [0.1, 0.15) is 83.6 Å². The summed E-state index contributed by atoms with van der Waals surface area (Å²) in [5, 5.41) is 6.87. The van der Waals surface area contributed by atoms with Gasteiger partial charge in [0.2, 0.25) is 5.91 Å². The van der Waals surface area contributed by atoms with Gasteiger partial charge >= 0.3 is 0 Å². The molecule has 2 bridgehead atoms. The zero-order valence-corrected chi connectivity index (χ0v) is 17.3. The Bertz CT molecular complexity index is 687. The maximum Gasteiger partial charge on any atom is 0.239 e. The second kappa shape index (κ2) is 7.14. The van der Waals surface area contributed by atoms with Crippen molar-refractivity contribution in [2.45, 2.75) is 84.1 Å². The van der Waals surface area contributed by atoms with Crippen molar-refractivity contribution in [3.63, 3.8) is 0 Å². The average Bonchev–Trinajstić information content (AvgIpc) is 3.15. The van der Waals surface area contributed by atoms with Gasteiger partial charge in [0.1, 0.15) is 0 Å². The van der Waals surface area contributed by atoms with Crippen molar-refractivity contribution in [2.75, 3.05) is 11.9 Å². The van der Waals surface area contributed by atoms with Gasteiger partial charge in [0.05, 0.1) is 6.54 Å². The van der Waals surface area contributed by atoms with Gasteiger partial charge in [-0.25, -0.2) is 0 Å². The van der Waals surface area contributed by atoms with Gasteiger partial charge in [-0.15, -0.1) is 0 Å². The maximum absolute atomic E-state index is 12.8. The van der Waals surface area contributed by atoms with Crippen molar-refractivity contribution in [3.8, 4) is 0 Å². The molecule has 3 fully saturated rings. The maximum atomic E-state index is 12.8.